The molecule has 1 rings (SSSR count). The van der Waals surface area contributed by atoms with Crippen molar-refractivity contribution in [3.63, 3.8) is 0 Å². The Labute approximate surface area is 126 Å². The third kappa shape index (κ3) is 5.45. The van der Waals surface area contributed by atoms with Gasteiger partial charge < -0.3 is 15.2 Å². The Morgan fingerprint density at radius 3 is 2.65 bits per heavy atom. The summed E-state index contributed by atoms with van der Waals surface area (Å²) in [4.78, 5) is 2.56. The summed E-state index contributed by atoms with van der Waals surface area (Å²) in [5.41, 5.74) is 7.66. The molecule has 1 aromatic rings. The van der Waals surface area contributed by atoms with Crippen molar-refractivity contribution in [1.29, 1.82) is 0 Å². The molecule has 0 heterocycles. The Morgan fingerprint density at radius 2 is 2.10 bits per heavy atom. The second-order valence-corrected chi connectivity index (χ2v) is 5.50. The molecule has 4 nitrogen and oxygen atoms in total. The Balaban J connectivity index is 2.63. The Morgan fingerprint density at radius 1 is 1.40 bits per heavy atom. The van der Waals surface area contributed by atoms with Crippen LogP contribution in [0.15, 0.2) is 18.2 Å². The average Bonchev–Trinajstić information content (AvgIpc) is 2.38. The highest BCUT2D eigenvalue weighted by atomic mass is 32.1. The molecule has 0 aliphatic carbocycles. The predicted molar refractivity (Wildman–Crippen MR) is 86.3 cm³/mol. The molecule has 0 amide bonds. The number of rotatable bonds is 8. The lowest BCUT2D eigenvalue weighted by molar-refractivity contribution is 0.0627. The van der Waals surface area contributed by atoms with Gasteiger partial charge in [-0.2, -0.15) is 0 Å². The van der Waals surface area contributed by atoms with Gasteiger partial charge in [0.2, 0.25) is 0 Å². The minimum Gasteiger partial charge on any atom is -0.496 e. The van der Waals surface area contributed by atoms with Crippen molar-refractivity contribution in [2.24, 2.45) is 5.73 Å². The summed E-state index contributed by atoms with van der Waals surface area (Å²) in [6, 6.07) is 5.92. The van der Waals surface area contributed by atoms with E-state index in [-0.39, 0.29) is 6.10 Å². The van der Waals surface area contributed by atoms with E-state index in [2.05, 4.69) is 11.9 Å². The molecule has 0 radical (unpaired) electrons. The number of nitrogens with zero attached hydrogens (tertiary/aromatic N) is 1. The first-order valence-electron chi connectivity index (χ1n) is 6.71. The maximum Gasteiger partial charge on any atom is 0.129 e. The second kappa shape index (κ2) is 8.19. The molecule has 0 spiro atoms. The molecule has 0 bridgehead atoms. The fraction of sp³-hybridized carbons (Fsp3) is 0.533. The van der Waals surface area contributed by atoms with Crippen LogP contribution in [0.3, 0.4) is 0 Å². The zero-order valence-corrected chi connectivity index (χ0v) is 13.5. The first-order valence-corrected chi connectivity index (χ1v) is 7.11. The molecule has 20 heavy (non-hydrogen) atoms. The maximum atomic E-state index is 5.72. The van der Waals surface area contributed by atoms with Crippen molar-refractivity contribution < 1.29 is 9.47 Å². The van der Waals surface area contributed by atoms with Crippen LogP contribution in [0, 0.1) is 0 Å². The molecule has 5 heteroatoms. The molecule has 0 saturated carbocycles. The minimum atomic E-state index is 0.269. The van der Waals surface area contributed by atoms with Crippen molar-refractivity contribution in [1.82, 2.24) is 4.90 Å². The van der Waals surface area contributed by atoms with Gasteiger partial charge in [-0.25, -0.2) is 0 Å². The molecule has 112 valence electrons. The van der Waals surface area contributed by atoms with Gasteiger partial charge in [0.15, 0.2) is 0 Å². The first-order chi connectivity index (χ1) is 9.43. The van der Waals surface area contributed by atoms with Crippen LogP contribution in [0.25, 0.3) is 0 Å². The Hall–Kier alpha value is -1.17. The summed E-state index contributed by atoms with van der Waals surface area (Å²) in [6.07, 6.45) is 0.269. The fourth-order valence-corrected chi connectivity index (χ4v) is 2.04. The van der Waals surface area contributed by atoms with E-state index in [9.17, 15) is 0 Å². The van der Waals surface area contributed by atoms with Gasteiger partial charge in [-0.15, -0.1) is 0 Å². The molecular weight excluding hydrogens is 272 g/mol. The van der Waals surface area contributed by atoms with Crippen LogP contribution in [-0.2, 0) is 11.3 Å². The lowest BCUT2D eigenvalue weighted by Crippen LogP contribution is -2.24. The predicted octanol–water partition coefficient (Wildman–Crippen LogP) is 2.19. The highest BCUT2D eigenvalue weighted by Gasteiger charge is 2.08. The molecule has 0 aliphatic heterocycles. The SMILES string of the molecule is COc1ccc(CN(C)CCOC(C)C)cc1C(N)=S. The highest BCUT2D eigenvalue weighted by Crippen LogP contribution is 2.20. The van der Waals surface area contributed by atoms with Gasteiger partial charge in [0, 0.05) is 13.1 Å². The molecule has 0 aromatic heterocycles. The zero-order valence-electron chi connectivity index (χ0n) is 12.7. The molecule has 0 saturated heterocycles. The van der Waals surface area contributed by atoms with Crippen LogP contribution in [0.2, 0.25) is 0 Å². The molecule has 0 unspecified atom stereocenters. The number of hydrogen-bond acceptors (Lipinski definition) is 4. The van der Waals surface area contributed by atoms with Gasteiger partial charge in [0.05, 0.1) is 25.4 Å². The normalized spacial score (nSPS) is 11.1. The van der Waals surface area contributed by atoms with Crippen molar-refractivity contribution in [2.75, 3.05) is 27.3 Å². The smallest absolute Gasteiger partial charge is 0.129 e. The molecule has 0 aliphatic rings. The molecule has 2 N–H and O–H groups in total. The standard InChI is InChI=1S/C15H24N2O2S/c1-11(2)19-8-7-17(3)10-12-5-6-14(18-4)13(9-12)15(16)20/h5-6,9,11H,7-8,10H2,1-4H3,(H2,16,20). The number of likely N-dealkylation sites (N-methyl/N-ethyl adjacent to an activating group) is 1. The number of ether oxygens (including phenoxy) is 2. The molecular formula is C15H24N2O2S. The van der Waals surface area contributed by atoms with E-state index in [1.165, 1.54) is 0 Å². The summed E-state index contributed by atoms with van der Waals surface area (Å²) >= 11 is 5.05. The topological polar surface area (TPSA) is 47.7 Å². The quantitative estimate of drug-likeness (QED) is 0.745. The van der Waals surface area contributed by atoms with Crippen LogP contribution in [0.5, 0.6) is 5.75 Å². The van der Waals surface area contributed by atoms with Crippen LogP contribution in [0.1, 0.15) is 25.0 Å². The van der Waals surface area contributed by atoms with E-state index in [0.717, 1.165) is 30.8 Å². The summed E-state index contributed by atoms with van der Waals surface area (Å²) in [6.45, 7) is 6.51. The van der Waals surface area contributed by atoms with E-state index in [0.29, 0.717) is 10.7 Å². The lowest BCUT2D eigenvalue weighted by atomic mass is 10.1. The van der Waals surface area contributed by atoms with Gasteiger partial charge >= 0.3 is 0 Å². The highest BCUT2D eigenvalue weighted by molar-refractivity contribution is 7.80. The molecule has 0 fully saturated rings. The van der Waals surface area contributed by atoms with Crippen LogP contribution >= 0.6 is 12.2 Å². The van der Waals surface area contributed by atoms with Crippen molar-refractivity contribution in [3.05, 3.63) is 29.3 Å². The number of hydrogen-bond donors (Lipinski definition) is 1. The third-order valence-corrected chi connectivity index (χ3v) is 3.13. The summed E-state index contributed by atoms with van der Waals surface area (Å²) in [5, 5.41) is 0. The molecule has 0 atom stereocenters. The van der Waals surface area contributed by atoms with E-state index in [1.54, 1.807) is 7.11 Å². The van der Waals surface area contributed by atoms with Crippen LogP contribution < -0.4 is 10.5 Å². The average molecular weight is 296 g/mol. The van der Waals surface area contributed by atoms with E-state index in [1.807, 2.05) is 32.0 Å². The van der Waals surface area contributed by atoms with E-state index in [4.69, 9.17) is 27.4 Å². The fourth-order valence-electron chi connectivity index (χ4n) is 1.88. The maximum absolute atomic E-state index is 5.72. The monoisotopic (exact) mass is 296 g/mol. The van der Waals surface area contributed by atoms with Crippen LogP contribution in [0.4, 0.5) is 0 Å². The van der Waals surface area contributed by atoms with Gasteiger partial charge in [0.1, 0.15) is 10.7 Å². The summed E-state index contributed by atoms with van der Waals surface area (Å²) < 4.78 is 10.8. The number of benzene rings is 1. The Bertz CT molecular complexity index is 449. The molecule has 1 aromatic carbocycles. The minimum absolute atomic E-state index is 0.269. The largest absolute Gasteiger partial charge is 0.496 e. The van der Waals surface area contributed by atoms with Crippen LogP contribution in [-0.4, -0.2) is 43.3 Å². The lowest BCUT2D eigenvalue weighted by Gasteiger charge is -2.18. The Kier molecular flexibility index (Phi) is 6.91. The second-order valence-electron chi connectivity index (χ2n) is 5.06. The summed E-state index contributed by atoms with van der Waals surface area (Å²) in [7, 11) is 3.68. The number of thiocarbonyl (C=S) groups is 1. The van der Waals surface area contributed by atoms with Gasteiger partial charge in [-0.3, -0.25) is 4.90 Å². The third-order valence-electron chi connectivity index (χ3n) is 2.91. The first kappa shape index (κ1) is 16.9. The van der Waals surface area contributed by atoms with Gasteiger partial charge in [-0.1, -0.05) is 18.3 Å². The number of methoxy groups -OCH3 is 1. The number of nitrogens with two attached hydrogens (primary N) is 1. The van der Waals surface area contributed by atoms with Gasteiger partial charge in [0.25, 0.3) is 0 Å². The van der Waals surface area contributed by atoms with Crippen molar-refractivity contribution in [3.8, 4) is 5.75 Å². The van der Waals surface area contributed by atoms with Gasteiger partial charge in [-0.05, 0) is 38.6 Å². The van der Waals surface area contributed by atoms with E-state index < -0.39 is 0 Å². The van der Waals surface area contributed by atoms with E-state index >= 15 is 0 Å². The summed E-state index contributed by atoms with van der Waals surface area (Å²) in [5.74, 6) is 0.715. The van der Waals surface area contributed by atoms with Crippen molar-refractivity contribution in [2.45, 2.75) is 26.5 Å². The van der Waals surface area contributed by atoms with Crippen molar-refractivity contribution >= 4 is 17.2 Å². The zero-order chi connectivity index (χ0) is 15.1.